The van der Waals surface area contributed by atoms with Crippen LogP contribution in [0.5, 0.6) is 0 Å². The van der Waals surface area contributed by atoms with Crippen LogP contribution in [0.2, 0.25) is 5.02 Å². The van der Waals surface area contributed by atoms with Gasteiger partial charge in [-0.15, -0.1) is 0 Å². The van der Waals surface area contributed by atoms with Gasteiger partial charge in [0.05, 0.1) is 12.2 Å². The maximum atomic E-state index is 14.0. The van der Waals surface area contributed by atoms with E-state index in [0.29, 0.717) is 50.0 Å². The number of piperazine rings is 1. The van der Waals surface area contributed by atoms with E-state index in [9.17, 15) is 14.0 Å². The van der Waals surface area contributed by atoms with Crippen molar-refractivity contribution in [2.24, 2.45) is 0 Å². The first-order valence-corrected chi connectivity index (χ1v) is 12.0. The smallest absolute Gasteiger partial charge is 0.317 e. The SMILES string of the molecule is O=C(CCNC(=O)N1CCc2c([nH]c3ccc(Cl)cc23)C1)N1CCN(c2ccccc2F)CC1. The van der Waals surface area contributed by atoms with Crippen LogP contribution < -0.4 is 10.2 Å². The van der Waals surface area contributed by atoms with E-state index in [2.05, 4.69) is 10.3 Å². The van der Waals surface area contributed by atoms with E-state index < -0.39 is 0 Å². The third kappa shape index (κ3) is 4.55. The van der Waals surface area contributed by atoms with Crippen LogP contribution >= 0.6 is 11.6 Å². The number of nitrogens with one attached hydrogen (secondary N) is 2. The number of hydrogen-bond donors (Lipinski definition) is 2. The monoisotopic (exact) mass is 483 g/mol. The molecule has 3 heterocycles. The zero-order chi connectivity index (χ0) is 23.7. The van der Waals surface area contributed by atoms with Crippen LogP contribution in [0.15, 0.2) is 42.5 Å². The molecule has 0 saturated carbocycles. The summed E-state index contributed by atoms with van der Waals surface area (Å²) in [5.41, 5.74) is 3.84. The fourth-order valence-electron chi connectivity index (χ4n) is 4.84. The summed E-state index contributed by atoms with van der Waals surface area (Å²) in [6.45, 7) is 3.66. The van der Waals surface area contributed by atoms with Gasteiger partial charge in [-0.05, 0) is 42.3 Å². The minimum absolute atomic E-state index is 0.00177. The molecule has 3 amide bonds. The van der Waals surface area contributed by atoms with Gasteiger partial charge >= 0.3 is 6.03 Å². The molecule has 9 heteroatoms. The predicted molar refractivity (Wildman–Crippen MR) is 131 cm³/mol. The molecule has 2 aliphatic heterocycles. The maximum absolute atomic E-state index is 14.0. The summed E-state index contributed by atoms with van der Waals surface area (Å²) < 4.78 is 14.0. The van der Waals surface area contributed by atoms with E-state index in [1.807, 2.05) is 29.2 Å². The van der Waals surface area contributed by atoms with Crippen molar-refractivity contribution in [2.45, 2.75) is 19.4 Å². The lowest BCUT2D eigenvalue weighted by molar-refractivity contribution is -0.131. The fourth-order valence-corrected chi connectivity index (χ4v) is 5.01. The molecule has 1 aromatic heterocycles. The van der Waals surface area contributed by atoms with Gasteiger partial charge in [-0.1, -0.05) is 23.7 Å². The predicted octanol–water partition coefficient (Wildman–Crippen LogP) is 3.77. The van der Waals surface area contributed by atoms with Crippen LogP contribution in [0, 0.1) is 5.82 Å². The van der Waals surface area contributed by atoms with Gasteiger partial charge in [0, 0.05) is 67.3 Å². The third-order valence-electron chi connectivity index (χ3n) is 6.67. The van der Waals surface area contributed by atoms with Crippen LogP contribution in [0.3, 0.4) is 0 Å². The Kier molecular flexibility index (Phi) is 6.32. The number of halogens is 2. The number of carbonyl (C=O) groups is 2. The summed E-state index contributed by atoms with van der Waals surface area (Å²) in [4.78, 5) is 34.2. The van der Waals surface area contributed by atoms with Gasteiger partial charge in [-0.3, -0.25) is 4.79 Å². The Hall–Kier alpha value is -3.26. The van der Waals surface area contributed by atoms with Crippen molar-refractivity contribution >= 4 is 40.1 Å². The van der Waals surface area contributed by atoms with Gasteiger partial charge in [0.1, 0.15) is 5.82 Å². The highest BCUT2D eigenvalue weighted by Crippen LogP contribution is 2.29. The van der Waals surface area contributed by atoms with Crippen molar-refractivity contribution in [1.29, 1.82) is 0 Å². The normalized spacial score (nSPS) is 16.0. The molecule has 0 atom stereocenters. The molecule has 7 nitrogen and oxygen atoms in total. The summed E-state index contributed by atoms with van der Waals surface area (Å²) in [5.74, 6) is -0.243. The summed E-state index contributed by atoms with van der Waals surface area (Å²) in [6.07, 6.45) is 1.00. The number of nitrogens with zero attached hydrogens (tertiary/aromatic N) is 3. The number of carbonyl (C=O) groups excluding carboxylic acids is 2. The van der Waals surface area contributed by atoms with Crippen molar-refractivity contribution in [3.05, 3.63) is 64.6 Å². The number of urea groups is 1. The highest BCUT2D eigenvalue weighted by Gasteiger charge is 2.25. The Bertz CT molecular complexity index is 1220. The van der Waals surface area contributed by atoms with Crippen LogP contribution in [-0.4, -0.2) is 66.0 Å². The molecule has 0 aliphatic carbocycles. The number of fused-ring (bicyclic) bond motifs is 3. The molecule has 2 N–H and O–H groups in total. The lowest BCUT2D eigenvalue weighted by Crippen LogP contribution is -2.50. The molecule has 0 radical (unpaired) electrons. The molecule has 1 fully saturated rings. The van der Waals surface area contributed by atoms with E-state index in [1.165, 1.54) is 11.6 Å². The lowest BCUT2D eigenvalue weighted by Gasteiger charge is -2.36. The average Bonchev–Trinajstić information content (AvgIpc) is 3.21. The molecule has 34 heavy (non-hydrogen) atoms. The van der Waals surface area contributed by atoms with E-state index in [1.54, 1.807) is 21.9 Å². The van der Waals surface area contributed by atoms with Gasteiger partial charge in [-0.25, -0.2) is 9.18 Å². The molecule has 3 aromatic rings. The molecule has 178 valence electrons. The standard InChI is InChI=1S/C25H27ClFN5O2/c26-17-5-6-21-19(15-17)18-8-10-32(16-22(18)29-21)25(34)28-9-7-24(33)31-13-11-30(12-14-31)23-4-2-1-3-20(23)27/h1-6,15,29H,7-14,16H2,(H,28,34). The first-order valence-electron chi connectivity index (χ1n) is 11.6. The third-order valence-corrected chi connectivity index (χ3v) is 6.90. The Labute approximate surface area is 202 Å². The summed E-state index contributed by atoms with van der Waals surface area (Å²) in [6, 6.07) is 12.3. The molecular formula is C25H27ClFN5O2. The van der Waals surface area contributed by atoms with Gasteiger partial charge in [0.15, 0.2) is 0 Å². The molecular weight excluding hydrogens is 457 g/mol. The number of aromatic nitrogens is 1. The van der Waals surface area contributed by atoms with Crippen molar-refractivity contribution in [2.75, 3.05) is 44.2 Å². The van der Waals surface area contributed by atoms with Gasteiger partial charge in [-0.2, -0.15) is 0 Å². The maximum Gasteiger partial charge on any atom is 0.317 e. The van der Waals surface area contributed by atoms with Crippen LogP contribution in [-0.2, 0) is 17.8 Å². The van der Waals surface area contributed by atoms with Crippen molar-refractivity contribution < 1.29 is 14.0 Å². The van der Waals surface area contributed by atoms with Crippen molar-refractivity contribution in [3.8, 4) is 0 Å². The Balaban J connectivity index is 1.08. The second-order valence-corrected chi connectivity index (χ2v) is 9.18. The summed E-state index contributed by atoms with van der Waals surface area (Å²) in [5, 5.41) is 4.70. The van der Waals surface area contributed by atoms with E-state index >= 15 is 0 Å². The van der Waals surface area contributed by atoms with Crippen molar-refractivity contribution in [3.63, 3.8) is 0 Å². The number of anilines is 1. The Morgan fingerprint density at radius 2 is 1.82 bits per heavy atom. The molecule has 1 saturated heterocycles. The highest BCUT2D eigenvalue weighted by molar-refractivity contribution is 6.31. The first-order chi connectivity index (χ1) is 16.5. The van der Waals surface area contributed by atoms with Crippen LogP contribution in [0.25, 0.3) is 10.9 Å². The molecule has 2 aliphatic rings. The number of rotatable bonds is 4. The van der Waals surface area contributed by atoms with Gasteiger partial charge in [0.25, 0.3) is 0 Å². The van der Waals surface area contributed by atoms with Crippen LogP contribution in [0.1, 0.15) is 17.7 Å². The number of aromatic amines is 1. The molecule has 0 unspecified atom stereocenters. The Morgan fingerprint density at radius 1 is 1.03 bits per heavy atom. The highest BCUT2D eigenvalue weighted by atomic mass is 35.5. The number of amides is 3. The lowest BCUT2D eigenvalue weighted by atomic mass is 10.0. The largest absolute Gasteiger partial charge is 0.366 e. The zero-order valence-electron chi connectivity index (χ0n) is 18.8. The first kappa shape index (κ1) is 22.5. The topological polar surface area (TPSA) is 71.7 Å². The summed E-state index contributed by atoms with van der Waals surface area (Å²) in [7, 11) is 0. The molecule has 5 rings (SSSR count). The number of H-pyrrole nitrogens is 1. The second-order valence-electron chi connectivity index (χ2n) is 8.74. The van der Waals surface area contributed by atoms with Crippen molar-refractivity contribution in [1.82, 2.24) is 20.1 Å². The zero-order valence-corrected chi connectivity index (χ0v) is 19.6. The average molecular weight is 484 g/mol. The fraction of sp³-hybridized carbons (Fsp3) is 0.360. The minimum Gasteiger partial charge on any atom is -0.366 e. The van der Waals surface area contributed by atoms with Crippen LogP contribution in [0.4, 0.5) is 14.9 Å². The minimum atomic E-state index is -0.244. The van der Waals surface area contributed by atoms with E-state index in [0.717, 1.165) is 23.0 Å². The van der Waals surface area contributed by atoms with E-state index in [-0.39, 0.29) is 30.7 Å². The molecule has 0 spiro atoms. The number of benzene rings is 2. The summed E-state index contributed by atoms with van der Waals surface area (Å²) >= 11 is 6.14. The number of hydrogen-bond acceptors (Lipinski definition) is 3. The Morgan fingerprint density at radius 3 is 2.62 bits per heavy atom. The van der Waals surface area contributed by atoms with Gasteiger partial charge < -0.3 is 25.0 Å². The van der Waals surface area contributed by atoms with E-state index in [4.69, 9.17) is 11.6 Å². The van der Waals surface area contributed by atoms with Gasteiger partial charge in [0.2, 0.25) is 5.91 Å². The second kappa shape index (κ2) is 9.54. The number of para-hydroxylation sites is 1. The quantitative estimate of drug-likeness (QED) is 0.593. The molecule has 2 aromatic carbocycles. The molecule has 0 bridgehead atoms.